The van der Waals surface area contributed by atoms with E-state index in [2.05, 4.69) is 10.6 Å². The number of para-hydroxylation sites is 2. The molecule has 0 fully saturated rings. The van der Waals surface area contributed by atoms with Crippen molar-refractivity contribution < 1.29 is 48.0 Å². The second kappa shape index (κ2) is 16.9. The molecule has 2 amide bonds. The highest BCUT2D eigenvalue weighted by Gasteiger charge is 2.26. The van der Waals surface area contributed by atoms with Gasteiger partial charge in [-0.25, -0.2) is 29.0 Å². The van der Waals surface area contributed by atoms with Gasteiger partial charge in [0.05, 0.1) is 22.3 Å². The largest absolute Gasteiger partial charge is 0.412 e. The zero-order chi connectivity index (χ0) is 34.5. The first-order valence-corrected chi connectivity index (χ1v) is 15.0. The molecule has 0 unspecified atom stereocenters. The van der Waals surface area contributed by atoms with E-state index in [1.165, 1.54) is 72.8 Å². The molecule has 0 heterocycles. The number of hydrogen-bond donors (Lipinski definition) is 2. The minimum absolute atomic E-state index is 0.000869. The first-order valence-electron chi connectivity index (χ1n) is 15.0. The van der Waals surface area contributed by atoms with Crippen molar-refractivity contribution in [2.45, 2.75) is 26.7 Å². The Morgan fingerprint density at radius 3 is 1.12 bits per heavy atom. The van der Waals surface area contributed by atoms with Crippen molar-refractivity contribution in [1.82, 2.24) is 10.6 Å². The second-order valence-electron chi connectivity index (χ2n) is 10.1. The lowest BCUT2D eigenvalue weighted by atomic mass is 9.97. The average molecular weight is 653 g/mol. The van der Waals surface area contributed by atoms with Gasteiger partial charge >= 0.3 is 24.1 Å². The number of amides is 2. The first-order chi connectivity index (χ1) is 23.2. The van der Waals surface area contributed by atoms with Gasteiger partial charge in [0.1, 0.15) is 11.5 Å². The maximum atomic E-state index is 13.5. The van der Waals surface area contributed by atoms with Crippen molar-refractivity contribution in [3.63, 3.8) is 0 Å². The lowest BCUT2D eigenvalue weighted by Crippen LogP contribution is -2.28. The average Bonchev–Trinajstić information content (AvgIpc) is 3.11. The Morgan fingerprint density at radius 1 is 0.458 bits per heavy atom. The summed E-state index contributed by atoms with van der Waals surface area (Å²) in [5, 5.41) is 5.11. The maximum Gasteiger partial charge on any atom is 0.412 e. The smallest absolute Gasteiger partial charge is 0.410 e. The Balaban J connectivity index is 1.51. The summed E-state index contributed by atoms with van der Waals surface area (Å²) in [6.07, 6.45) is -0.132. The third kappa shape index (κ3) is 8.69. The SMILES string of the molecule is CCCNC(=O)Oc1ccccc1C(=O)c1ccccc1C(=O)OOC(=O)c1ccccc1C(=O)c1ccccc1OC(=O)NCCC. The third-order valence-electron chi connectivity index (χ3n) is 6.68. The van der Waals surface area contributed by atoms with Crippen LogP contribution in [0.25, 0.3) is 0 Å². The van der Waals surface area contributed by atoms with Crippen LogP contribution in [0.4, 0.5) is 9.59 Å². The molecule has 4 rings (SSSR count). The Labute approximate surface area is 275 Å². The Kier molecular flexibility index (Phi) is 12.1. The van der Waals surface area contributed by atoms with E-state index in [-0.39, 0.29) is 44.9 Å². The molecule has 0 saturated carbocycles. The Hall–Kier alpha value is -6.30. The molecule has 0 aliphatic heterocycles. The minimum atomic E-state index is -1.17. The van der Waals surface area contributed by atoms with Crippen LogP contribution in [-0.4, -0.2) is 48.8 Å². The van der Waals surface area contributed by atoms with Crippen LogP contribution in [0.5, 0.6) is 11.5 Å². The van der Waals surface area contributed by atoms with Gasteiger partial charge in [-0.05, 0) is 49.2 Å². The standard InChI is InChI=1S/C36H32N2O10/c1-3-21-37-35(43)45-29-19-11-9-17-27(29)31(39)23-13-5-7-15-25(23)33(41)47-48-34(42)26-16-8-6-14-24(26)32(40)28-18-10-12-20-30(28)46-36(44)38-22-4-2/h5-20H,3-4,21-22H2,1-2H3,(H,37,43)(H,38,44). The molecule has 48 heavy (non-hydrogen) atoms. The lowest BCUT2D eigenvalue weighted by Gasteiger charge is -2.13. The van der Waals surface area contributed by atoms with Gasteiger partial charge in [0, 0.05) is 24.2 Å². The minimum Gasteiger partial charge on any atom is -0.410 e. The van der Waals surface area contributed by atoms with E-state index < -0.39 is 35.7 Å². The summed E-state index contributed by atoms with van der Waals surface area (Å²) in [6.45, 7) is 4.50. The molecule has 4 aromatic carbocycles. The zero-order valence-corrected chi connectivity index (χ0v) is 26.1. The molecule has 0 saturated heterocycles. The van der Waals surface area contributed by atoms with E-state index in [0.29, 0.717) is 25.9 Å². The third-order valence-corrected chi connectivity index (χ3v) is 6.68. The van der Waals surface area contributed by atoms with E-state index in [9.17, 15) is 28.8 Å². The summed E-state index contributed by atoms with van der Waals surface area (Å²) in [7, 11) is 0. The fourth-order valence-electron chi connectivity index (χ4n) is 4.39. The van der Waals surface area contributed by atoms with Gasteiger partial charge in [0.15, 0.2) is 11.6 Å². The number of benzene rings is 4. The molecular formula is C36H32N2O10. The summed E-state index contributed by atoms with van der Waals surface area (Å²) in [6, 6.07) is 23.4. The number of ketones is 2. The van der Waals surface area contributed by atoms with Crippen molar-refractivity contribution >= 4 is 35.7 Å². The first kappa shape index (κ1) is 34.6. The summed E-state index contributed by atoms with van der Waals surface area (Å²) in [5.74, 6) is -3.72. The molecule has 0 aromatic heterocycles. The number of carbonyl (C=O) groups excluding carboxylic acids is 6. The van der Waals surface area contributed by atoms with E-state index in [1.807, 2.05) is 13.8 Å². The Bertz CT molecular complexity index is 1700. The molecule has 0 aliphatic carbocycles. The number of carbonyl (C=O) groups is 6. The predicted molar refractivity (Wildman–Crippen MR) is 172 cm³/mol. The molecule has 12 nitrogen and oxygen atoms in total. The number of rotatable bonds is 12. The fourth-order valence-corrected chi connectivity index (χ4v) is 4.39. The number of ether oxygens (including phenoxy) is 2. The van der Waals surface area contributed by atoms with Crippen LogP contribution in [0.3, 0.4) is 0 Å². The lowest BCUT2D eigenvalue weighted by molar-refractivity contribution is -0.187. The predicted octanol–water partition coefficient (Wildman–Crippen LogP) is 6.07. The van der Waals surface area contributed by atoms with Gasteiger partial charge in [0.25, 0.3) is 0 Å². The van der Waals surface area contributed by atoms with Crippen LogP contribution in [0.1, 0.15) is 79.2 Å². The van der Waals surface area contributed by atoms with E-state index in [0.717, 1.165) is 0 Å². The van der Waals surface area contributed by atoms with E-state index in [1.54, 1.807) is 24.3 Å². The van der Waals surface area contributed by atoms with Crippen molar-refractivity contribution in [2.24, 2.45) is 0 Å². The van der Waals surface area contributed by atoms with Gasteiger partial charge < -0.3 is 20.1 Å². The van der Waals surface area contributed by atoms with Gasteiger partial charge in [-0.2, -0.15) is 0 Å². The number of nitrogens with one attached hydrogen (secondary N) is 2. The van der Waals surface area contributed by atoms with Gasteiger partial charge in [-0.15, -0.1) is 0 Å². The van der Waals surface area contributed by atoms with Gasteiger partial charge in [-0.1, -0.05) is 74.5 Å². The topological polar surface area (TPSA) is 163 Å². The van der Waals surface area contributed by atoms with Crippen LogP contribution in [0.2, 0.25) is 0 Å². The molecule has 0 radical (unpaired) electrons. The quantitative estimate of drug-likeness (QED) is 0.104. The van der Waals surface area contributed by atoms with Crippen LogP contribution < -0.4 is 20.1 Å². The van der Waals surface area contributed by atoms with Crippen LogP contribution in [0.15, 0.2) is 97.1 Å². The normalized spacial score (nSPS) is 10.3. The van der Waals surface area contributed by atoms with Crippen molar-refractivity contribution in [3.8, 4) is 11.5 Å². The molecule has 0 aliphatic rings. The van der Waals surface area contributed by atoms with Crippen molar-refractivity contribution in [1.29, 1.82) is 0 Å². The summed E-state index contributed by atoms with van der Waals surface area (Å²) in [4.78, 5) is 87.3. The van der Waals surface area contributed by atoms with Crippen LogP contribution in [0, 0.1) is 0 Å². The molecule has 2 N–H and O–H groups in total. The highest BCUT2D eigenvalue weighted by Crippen LogP contribution is 2.26. The summed E-state index contributed by atoms with van der Waals surface area (Å²) < 4.78 is 10.6. The molecule has 12 heteroatoms. The fraction of sp³-hybridized carbons (Fsp3) is 0.167. The van der Waals surface area contributed by atoms with Crippen molar-refractivity contribution in [2.75, 3.05) is 13.1 Å². The van der Waals surface area contributed by atoms with Gasteiger partial charge in [-0.3, -0.25) is 9.59 Å². The molecule has 4 aromatic rings. The summed E-state index contributed by atoms with van der Waals surface area (Å²) in [5.41, 5.74) is -0.700. The highest BCUT2D eigenvalue weighted by atomic mass is 17.2. The molecule has 246 valence electrons. The summed E-state index contributed by atoms with van der Waals surface area (Å²) >= 11 is 0. The van der Waals surface area contributed by atoms with E-state index in [4.69, 9.17) is 19.2 Å². The molecule has 0 bridgehead atoms. The molecule has 0 spiro atoms. The monoisotopic (exact) mass is 652 g/mol. The van der Waals surface area contributed by atoms with E-state index >= 15 is 0 Å². The second-order valence-corrected chi connectivity index (χ2v) is 10.1. The zero-order valence-electron chi connectivity index (χ0n) is 26.1. The highest BCUT2D eigenvalue weighted by molar-refractivity contribution is 6.17. The molecule has 0 atom stereocenters. The van der Waals surface area contributed by atoms with Gasteiger partial charge in [0.2, 0.25) is 0 Å². The maximum absolute atomic E-state index is 13.5. The molecular weight excluding hydrogens is 620 g/mol. The van der Waals surface area contributed by atoms with Crippen LogP contribution in [-0.2, 0) is 9.78 Å². The van der Waals surface area contributed by atoms with Crippen molar-refractivity contribution in [3.05, 3.63) is 130 Å². The van der Waals surface area contributed by atoms with Crippen LogP contribution >= 0.6 is 0 Å². The number of hydrogen-bond acceptors (Lipinski definition) is 10. The Morgan fingerprint density at radius 2 is 0.771 bits per heavy atom.